The van der Waals surface area contributed by atoms with Crippen LogP contribution in [0.15, 0.2) is 53.1 Å². The van der Waals surface area contributed by atoms with Gasteiger partial charge in [0.1, 0.15) is 11.9 Å². The van der Waals surface area contributed by atoms with Gasteiger partial charge in [-0.2, -0.15) is 0 Å². The summed E-state index contributed by atoms with van der Waals surface area (Å²) in [6.45, 7) is 2.49. The third kappa shape index (κ3) is 5.85. The van der Waals surface area contributed by atoms with E-state index in [1.54, 1.807) is 25.4 Å². The molecule has 1 N–H and O–H groups in total. The van der Waals surface area contributed by atoms with Crippen molar-refractivity contribution >= 4 is 33.6 Å². The Kier molecular flexibility index (Phi) is 7.13. The molecule has 148 valence electrons. The average molecular weight is 447 g/mol. The topological polar surface area (TPSA) is 74.8 Å². The van der Waals surface area contributed by atoms with Gasteiger partial charge in [-0.15, -0.1) is 0 Å². The number of hydrogen-bond donors (Lipinski definition) is 1. The van der Waals surface area contributed by atoms with Crippen LogP contribution in [-0.4, -0.2) is 66.0 Å². The predicted octanol–water partition coefficient (Wildman–Crippen LogP) is 2.14. The van der Waals surface area contributed by atoms with Crippen LogP contribution in [0.3, 0.4) is 0 Å². The fraction of sp³-hybridized carbons (Fsp3) is 0.350. The van der Waals surface area contributed by atoms with Crippen molar-refractivity contribution in [3.05, 3.63) is 58.7 Å². The molecule has 1 aromatic carbocycles. The van der Waals surface area contributed by atoms with E-state index in [4.69, 9.17) is 4.74 Å². The summed E-state index contributed by atoms with van der Waals surface area (Å²) in [5.41, 5.74) is 1.20. The molecule has 7 nitrogen and oxygen atoms in total. The van der Waals surface area contributed by atoms with Crippen LogP contribution in [0.4, 0.5) is 5.82 Å². The molecule has 0 spiro atoms. The number of likely N-dealkylation sites (N-methyl/N-ethyl adjacent to an activating group) is 1. The van der Waals surface area contributed by atoms with Gasteiger partial charge in [-0.05, 0) is 33.6 Å². The van der Waals surface area contributed by atoms with Gasteiger partial charge >= 0.3 is 0 Å². The number of benzene rings is 1. The summed E-state index contributed by atoms with van der Waals surface area (Å²) < 4.78 is 6.49. The summed E-state index contributed by atoms with van der Waals surface area (Å²) in [5, 5.41) is 2.68. The van der Waals surface area contributed by atoms with E-state index in [1.807, 2.05) is 18.2 Å². The zero-order chi connectivity index (χ0) is 19.9. The molecule has 0 bridgehead atoms. The number of aromatic nitrogens is 1. The number of nitrogens with one attached hydrogen (secondary N) is 1. The van der Waals surface area contributed by atoms with E-state index in [0.717, 1.165) is 17.6 Å². The zero-order valence-corrected chi connectivity index (χ0v) is 17.3. The predicted molar refractivity (Wildman–Crippen MR) is 110 cm³/mol. The van der Waals surface area contributed by atoms with Crippen molar-refractivity contribution in [3.63, 3.8) is 0 Å². The van der Waals surface area contributed by atoms with Crippen molar-refractivity contribution in [2.45, 2.75) is 12.6 Å². The van der Waals surface area contributed by atoms with E-state index >= 15 is 0 Å². The van der Waals surface area contributed by atoms with Gasteiger partial charge in [0, 0.05) is 37.4 Å². The van der Waals surface area contributed by atoms with E-state index in [9.17, 15) is 9.59 Å². The number of halogens is 1. The summed E-state index contributed by atoms with van der Waals surface area (Å²) in [6, 6.07) is 13.6. The number of amides is 2. The first-order chi connectivity index (χ1) is 13.5. The van der Waals surface area contributed by atoms with Crippen molar-refractivity contribution in [2.24, 2.45) is 0 Å². The second-order valence-electron chi connectivity index (χ2n) is 6.68. The SMILES string of the molecule is CN(CC(=O)Nc1ccc(Br)cn1)C(=O)C1CN(Cc2ccccc2)CCO1. The summed E-state index contributed by atoms with van der Waals surface area (Å²) in [5.74, 6) is -0.0590. The summed E-state index contributed by atoms with van der Waals surface area (Å²) in [6.07, 6.45) is 1.03. The van der Waals surface area contributed by atoms with Crippen LogP contribution < -0.4 is 5.32 Å². The third-order valence-electron chi connectivity index (χ3n) is 4.43. The molecule has 1 atom stereocenters. The number of hydrogen-bond acceptors (Lipinski definition) is 5. The normalized spacial score (nSPS) is 17.1. The number of carbonyl (C=O) groups excluding carboxylic acids is 2. The van der Waals surface area contributed by atoms with Crippen LogP contribution in [0.2, 0.25) is 0 Å². The van der Waals surface area contributed by atoms with Gasteiger partial charge in [0.15, 0.2) is 0 Å². The minimum absolute atomic E-state index is 0.0604. The van der Waals surface area contributed by atoms with Gasteiger partial charge in [-0.25, -0.2) is 4.98 Å². The highest BCUT2D eigenvalue weighted by atomic mass is 79.9. The van der Waals surface area contributed by atoms with Gasteiger partial charge in [-0.3, -0.25) is 14.5 Å². The molecule has 2 heterocycles. The van der Waals surface area contributed by atoms with E-state index < -0.39 is 6.10 Å². The zero-order valence-electron chi connectivity index (χ0n) is 15.7. The molecule has 2 aromatic rings. The van der Waals surface area contributed by atoms with E-state index in [0.29, 0.717) is 19.0 Å². The summed E-state index contributed by atoms with van der Waals surface area (Å²) in [7, 11) is 1.61. The van der Waals surface area contributed by atoms with Crippen LogP contribution in [0.5, 0.6) is 0 Å². The third-order valence-corrected chi connectivity index (χ3v) is 4.90. The van der Waals surface area contributed by atoms with Gasteiger partial charge in [0.2, 0.25) is 5.91 Å². The second kappa shape index (κ2) is 9.77. The Morgan fingerprint density at radius 2 is 2.07 bits per heavy atom. The summed E-state index contributed by atoms with van der Waals surface area (Å²) in [4.78, 5) is 32.6. The lowest BCUT2D eigenvalue weighted by Gasteiger charge is -2.33. The number of rotatable bonds is 6. The van der Waals surface area contributed by atoms with Crippen molar-refractivity contribution < 1.29 is 14.3 Å². The quantitative estimate of drug-likeness (QED) is 0.735. The maximum Gasteiger partial charge on any atom is 0.253 e. The minimum Gasteiger partial charge on any atom is -0.366 e. The Morgan fingerprint density at radius 1 is 1.29 bits per heavy atom. The van der Waals surface area contributed by atoms with Crippen LogP contribution in [-0.2, 0) is 20.9 Å². The highest BCUT2D eigenvalue weighted by Crippen LogP contribution is 2.13. The Morgan fingerprint density at radius 3 is 2.79 bits per heavy atom. The smallest absolute Gasteiger partial charge is 0.253 e. The molecule has 1 aromatic heterocycles. The lowest BCUT2D eigenvalue weighted by Crippen LogP contribution is -2.51. The van der Waals surface area contributed by atoms with Gasteiger partial charge in [0.25, 0.3) is 5.91 Å². The van der Waals surface area contributed by atoms with Crippen molar-refractivity contribution in [2.75, 3.05) is 38.6 Å². The lowest BCUT2D eigenvalue weighted by molar-refractivity contribution is -0.149. The molecule has 0 aliphatic carbocycles. The highest BCUT2D eigenvalue weighted by molar-refractivity contribution is 9.10. The Bertz CT molecular complexity index is 801. The van der Waals surface area contributed by atoms with Crippen LogP contribution in [0.1, 0.15) is 5.56 Å². The van der Waals surface area contributed by atoms with Crippen molar-refractivity contribution in [1.29, 1.82) is 0 Å². The molecular formula is C20H23BrN4O3. The van der Waals surface area contributed by atoms with Gasteiger partial charge < -0.3 is 15.0 Å². The first-order valence-electron chi connectivity index (χ1n) is 9.05. The molecule has 8 heteroatoms. The van der Waals surface area contributed by atoms with Gasteiger partial charge in [-0.1, -0.05) is 30.3 Å². The molecular weight excluding hydrogens is 424 g/mol. The number of morpholine rings is 1. The fourth-order valence-corrected chi connectivity index (χ4v) is 3.24. The largest absolute Gasteiger partial charge is 0.366 e. The maximum atomic E-state index is 12.7. The van der Waals surface area contributed by atoms with E-state index in [-0.39, 0.29) is 18.4 Å². The first kappa shape index (κ1) is 20.4. The van der Waals surface area contributed by atoms with Crippen LogP contribution in [0, 0.1) is 0 Å². The maximum absolute atomic E-state index is 12.7. The van der Waals surface area contributed by atoms with Crippen LogP contribution >= 0.6 is 15.9 Å². The minimum atomic E-state index is -0.568. The molecule has 1 unspecified atom stereocenters. The molecule has 0 saturated carbocycles. The van der Waals surface area contributed by atoms with E-state index in [1.165, 1.54) is 10.5 Å². The highest BCUT2D eigenvalue weighted by Gasteiger charge is 2.29. The lowest BCUT2D eigenvalue weighted by atomic mass is 10.2. The molecule has 0 radical (unpaired) electrons. The molecule has 1 aliphatic rings. The number of carbonyl (C=O) groups is 2. The Hall–Kier alpha value is -2.29. The second-order valence-corrected chi connectivity index (χ2v) is 7.60. The Balaban J connectivity index is 1.50. The van der Waals surface area contributed by atoms with Crippen molar-refractivity contribution in [3.8, 4) is 0 Å². The standard InChI is InChI=1S/C20H23BrN4O3/c1-24(14-19(26)23-18-8-7-16(21)11-22-18)20(27)17-13-25(9-10-28-17)12-15-5-3-2-4-6-15/h2-8,11,17H,9-10,12-14H2,1H3,(H,22,23,26). The van der Waals surface area contributed by atoms with Gasteiger partial charge in [0.05, 0.1) is 13.2 Å². The van der Waals surface area contributed by atoms with Crippen LogP contribution in [0.25, 0.3) is 0 Å². The molecule has 1 saturated heterocycles. The monoisotopic (exact) mass is 446 g/mol. The molecule has 3 rings (SSSR count). The number of ether oxygens (including phenoxy) is 1. The molecule has 28 heavy (non-hydrogen) atoms. The average Bonchev–Trinajstić information content (AvgIpc) is 2.70. The number of anilines is 1. The van der Waals surface area contributed by atoms with E-state index in [2.05, 4.69) is 43.3 Å². The summed E-state index contributed by atoms with van der Waals surface area (Å²) >= 11 is 3.29. The molecule has 2 amide bonds. The Labute approximate surface area is 172 Å². The first-order valence-corrected chi connectivity index (χ1v) is 9.85. The van der Waals surface area contributed by atoms with Crippen molar-refractivity contribution in [1.82, 2.24) is 14.8 Å². The number of nitrogens with zero attached hydrogens (tertiary/aromatic N) is 3. The fourth-order valence-electron chi connectivity index (χ4n) is 3.01. The number of pyridine rings is 1. The molecule has 1 fully saturated rings. The molecule has 1 aliphatic heterocycles.